The summed E-state index contributed by atoms with van der Waals surface area (Å²) in [5.41, 5.74) is 9.62. The van der Waals surface area contributed by atoms with Crippen LogP contribution in [0.4, 0.5) is 11.6 Å². The molecule has 1 aliphatic heterocycles. The van der Waals surface area contributed by atoms with Crippen molar-refractivity contribution in [3.63, 3.8) is 0 Å². The smallest absolute Gasteiger partial charge is 0.248 e. The highest BCUT2D eigenvalue weighted by Crippen LogP contribution is 2.50. The normalized spacial score (nSPS) is 23.4. The molecule has 2 aliphatic rings. The summed E-state index contributed by atoms with van der Waals surface area (Å²) < 4.78 is 0. The lowest BCUT2D eigenvalue weighted by atomic mass is 9.79. The quantitative estimate of drug-likeness (QED) is 0.831. The first-order valence-electron chi connectivity index (χ1n) is 10.1. The van der Waals surface area contributed by atoms with Crippen LogP contribution in [-0.4, -0.2) is 27.8 Å². The van der Waals surface area contributed by atoms with Crippen molar-refractivity contribution in [1.82, 2.24) is 9.97 Å². The molecule has 2 amide bonds. The zero-order valence-electron chi connectivity index (χ0n) is 17.3. The van der Waals surface area contributed by atoms with Gasteiger partial charge in [-0.3, -0.25) is 9.59 Å². The molecular weight excluding hydrogens is 366 g/mol. The summed E-state index contributed by atoms with van der Waals surface area (Å²) in [5.74, 6) is 0.685. The number of nitrogens with two attached hydrogens (primary N) is 1. The molecule has 0 unspecified atom stereocenters. The van der Waals surface area contributed by atoms with Gasteiger partial charge in [0.25, 0.3) is 0 Å². The molecule has 3 N–H and O–H groups in total. The lowest BCUT2D eigenvalue weighted by molar-refractivity contribution is -0.117. The molecule has 2 heterocycles. The van der Waals surface area contributed by atoms with Crippen LogP contribution in [0.3, 0.4) is 0 Å². The number of amides is 2. The van der Waals surface area contributed by atoms with E-state index in [0.29, 0.717) is 17.4 Å². The van der Waals surface area contributed by atoms with Crippen molar-refractivity contribution in [3.05, 3.63) is 46.8 Å². The molecule has 7 heteroatoms. The Morgan fingerprint density at radius 2 is 1.97 bits per heavy atom. The van der Waals surface area contributed by atoms with Crippen LogP contribution in [0.5, 0.6) is 0 Å². The minimum Gasteiger partial charge on any atom is -0.366 e. The largest absolute Gasteiger partial charge is 0.366 e. The Morgan fingerprint density at radius 1 is 1.24 bits per heavy atom. The van der Waals surface area contributed by atoms with Crippen LogP contribution in [0.25, 0.3) is 0 Å². The van der Waals surface area contributed by atoms with Gasteiger partial charge in [0.2, 0.25) is 17.8 Å². The highest BCUT2D eigenvalue weighted by Gasteiger charge is 2.47. The fourth-order valence-corrected chi connectivity index (χ4v) is 4.45. The fraction of sp³-hybridized carbons (Fsp3) is 0.455. The van der Waals surface area contributed by atoms with Crippen LogP contribution >= 0.6 is 0 Å². The maximum atomic E-state index is 12.6. The van der Waals surface area contributed by atoms with E-state index in [0.717, 1.165) is 35.3 Å². The van der Waals surface area contributed by atoms with Gasteiger partial charge in [0.15, 0.2) is 0 Å². The number of carbonyl (C=O) groups excluding carboxylic acids is 2. The SMILES string of the molecule is CC(=O)N1c2ccc(C(N)=O)cc2[C@H](Nc2ncc(C)c(C)n2)[C@@H](C)[C@@H]1C1CC1. The van der Waals surface area contributed by atoms with Crippen molar-refractivity contribution in [3.8, 4) is 0 Å². The highest BCUT2D eigenvalue weighted by molar-refractivity contribution is 5.97. The van der Waals surface area contributed by atoms with Crippen molar-refractivity contribution in [1.29, 1.82) is 0 Å². The van der Waals surface area contributed by atoms with E-state index in [9.17, 15) is 9.59 Å². The van der Waals surface area contributed by atoms with Gasteiger partial charge in [-0.15, -0.1) is 0 Å². The second kappa shape index (κ2) is 7.13. The molecule has 1 aliphatic carbocycles. The molecule has 0 bridgehead atoms. The zero-order chi connectivity index (χ0) is 20.9. The summed E-state index contributed by atoms with van der Waals surface area (Å²) in [6.07, 6.45) is 4.06. The number of rotatable bonds is 4. The first-order chi connectivity index (χ1) is 13.8. The fourth-order valence-electron chi connectivity index (χ4n) is 4.45. The van der Waals surface area contributed by atoms with Crippen molar-refractivity contribution in [2.45, 2.75) is 52.6 Å². The number of hydrogen-bond acceptors (Lipinski definition) is 5. The van der Waals surface area contributed by atoms with Gasteiger partial charge in [-0.1, -0.05) is 6.92 Å². The van der Waals surface area contributed by atoms with Crippen molar-refractivity contribution in [2.24, 2.45) is 17.6 Å². The van der Waals surface area contributed by atoms with Gasteiger partial charge >= 0.3 is 0 Å². The van der Waals surface area contributed by atoms with Gasteiger partial charge in [-0.25, -0.2) is 9.97 Å². The minimum atomic E-state index is -0.486. The first-order valence-corrected chi connectivity index (χ1v) is 10.1. The maximum Gasteiger partial charge on any atom is 0.248 e. The van der Waals surface area contributed by atoms with Gasteiger partial charge in [0, 0.05) is 42.0 Å². The standard InChI is InChI=1S/C22H27N5O2/c1-11-10-24-22(25-13(11)3)26-19-12(2)20(15-5-6-15)27(14(4)28)18-8-7-16(21(23)29)9-17(18)19/h7-10,12,15,19-20H,5-6H2,1-4H3,(H2,23,29)(H,24,25,26)/t12-,19-,20-/m1/s1. The van der Waals surface area contributed by atoms with Crippen LogP contribution in [0.2, 0.25) is 0 Å². The molecule has 7 nitrogen and oxygen atoms in total. The third-order valence-corrected chi connectivity index (χ3v) is 6.22. The molecule has 0 saturated heterocycles. The summed E-state index contributed by atoms with van der Waals surface area (Å²) in [7, 11) is 0. The topological polar surface area (TPSA) is 101 Å². The van der Waals surface area contributed by atoms with Gasteiger partial charge in [0.05, 0.1) is 6.04 Å². The Bertz CT molecular complexity index is 985. The summed E-state index contributed by atoms with van der Waals surface area (Å²) in [6.45, 7) is 7.69. The molecule has 1 saturated carbocycles. The minimum absolute atomic E-state index is 0.0164. The van der Waals surface area contributed by atoms with Gasteiger partial charge in [-0.05, 0) is 61.9 Å². The number of carbonyl (C=O) groups is 2. The van der Waals surface area contributed by atoms with Gasteiger partial charge in [-0.2, -0.15) is 0 Å². The Labute approximate surface area is 170 Å². The number of benzene rings is 1. The maximum absolute atomic E-state index is 12.6. The lowest BCUT2D eigenvalue weighted by Gasteiger charge is -2.45. The number of primary amides is 1. The van der Waals surface area contributed by atoms with E-state index in [4.69, 9.17) is 5.73 Å². The lowest BCUT2D eigenvalue weighted by Crippen LogP contribution is -2.51. The van der Waals surface area contributed by atoms with Crippen LogP contribution in [0.15, 0.2) is 24.4 Å². The van der Waals surface area contributed by atoms with E-state index in [2.05, 4.69) is 22.2 Å². The summed E-state index contributed by atoms with van der Waals surface area (Å²) in [4.78, 5) is 35.3. The Kier molecular flexibility index (Phi) is 4.76. The first kappa shape index (κ1) is 19.4. The molecule has 0 radical (unpaired) electrons. The average molecular weight is 393 g/mol. The number of anilines is 2. The molecule has 3 atom stereocenters. The van der Waals surface area contributed by atoms with Crippen LogP contribution in [0, 0.1) is 25.7 Å². The van der Waals surface area contributed by atoms with Gasteiger partial charge in [0.1, 0.15) is 0 Å². The molecule has 29 heavy (non-hydrogen) atoms. The number of aromatic nitrogens is 2. The molecule has 2 aromatic rings. The molecule has 4 rings (SSSR count). The molecule has 1 aromatic carbocycles. The van der Waals surface area contributed by atoms with Crippen molar-refractivity contribution in [2.75, 3.05) is 10.2 Å². The van der Waals surface area contributed by atoms with Crippen molar-refractivity contribution < 1.29 is 9.59 Å². The monoisotopic (exact) mass is 393 g/mol. The highest BCUT2D eigenvalue weighted by atomic mass is 16.2. The van der Waals surface area contributed by atoms with E-state index >= 15 is 0 Å². The Balaban J connectivity index is 1.83. The van der Waals surface area contributed by atoms with E-state index in [1.165, 1.54) is 0 Å². The summed E-state index contributed by atoms with van der Waals surface area (Å²) in [5, 5.41) is 3.48. The number of nitrogens with one attached hydrogen (secondary N) is 1. The zero-order valence-corrected chi connectivity index (χ0v) is 17.3. The Hall–Kier alpha value is -2.96. The van der Waals surface area contributed by atoms with E-state index in [1.54, 1.807) is 25.3 Å². The van der Waals surface area contributed by atoms with E-state index in [-0.39, 0.29) is 23.9 Å². The number of fused-ring (bicyclic) bond motifs is 1. The predicted octanol–water partition coefficient (Wildman–Crippen LogP) is 3.13. The molecular formula is C22H27N5O2. The van der Waals surface area contributed by atoms with E-state index < -0.39 is 5.91 Å². The summed E-state index contributed by atoms with van der Waals surface area (Å²) >= 11 is 0. The second-order valence-corrected chi connectivity index (χ2v) is 8.30. The van der Waals surface area contributed by atoms with Gasteiger partial charge < -0.3 is 16.0 Å². The average Bonchev–Trinajstić information content (AvgIpc) is 3.50. The van der Waals surface area contributed by atoms with Crippen LogP contribution in [0.1, 0.15) is 59.9 Å². The van der Waals surface area contributed by atoms with Crippen LogP contribution in [-0.2, 0) is 4.79 Å². The molecule has 152 valence electrons. The Morgan fingerprint density at radius 3 is 2.55 bits per heavy atom. The summed E-state index contributed by atoms with van der Waals surface area (Å²) in [6, 6.07) is 5.30. The molecule has 0 spiro atoms. The van der Waals surface area contributed by atoms with Crippen LogP contribution < -0.4 is 16.0 Å². The number of hydrogen-bond donors (Lipinski definition) is 2. The predicted molar refractivity (Wildman–Crippen MR) is 112 cm³/mol. The molecule has 1 aromatic heterocycles. The van der Waals surface area contributed by atoms with E-state index in [1.807, 2.05) is 24.8 Å². The second-order valence-electron chi connectivity index (χ2n) is 8.30. The van der Waals surface area contributed by atoms with Crippen molar-refractivity contribution >= 4 is 23.5 Å². The third kappa shape index (κ3) is 3.45. The third-order valence-electron chi connectivity index (χ3n) is 6.22. The number of nitrogens with zero attached hydrogens (tertiary/aromatic N) is 3. The number of aryl methyl sites for hydroxylation is 2. The molecule has 1 fully saturated rings.